The van der Waals surface area contributed by atoms with Gasteiger partial charge in [0.15, 0.2) is 11.6 Å². The van der Waals surface area contributed by atoms with E-state index >= 15 is 0 Å². The second-order valence-electron chi connectivity index (χ2n) is 14.2. The van der Waals surface area contributed by atoms with E-state index in [-0.39, 0.29) is 72.3 Å². The minimum absolute atomic E-state index is 0.0253. The Labute approximate surface area is 368 Å². The lowest BCUT2D eigenvalue weighted by atomic mass is 9.73. The minimum Gasteiger partial charge on any atom is -0.463 e. The minimum atomic E-state index is -1.28. The predicted molar refractivity (Wildman–Crippen MR) is 234 cm³/mol. The molecule has 14 heteroatoms. The summed E-state index contributed by atoms with van der Waals surface area (Å²) in [6, 6.07) is 27.7. The van der Waals surface area contributed by atoms with E-state index in [1.807, 2.05) is 12.1 Å². The van der Waals surface area contributed by atoms with Crippen LogP contribution >= 0.6 is 46.4 Å². The Balaban J connectivity index is 0.000000228. The van der Waals surface area contributed by atoms with E-state index in [1.165, 1.54) is 9.80 Å². The number of Topliss-reactive ketones (excluding diaryl/α,β-unsaturated/α-hetero) is 2. The first kappa shape index (κ1) is 45.8. The molecular weight excluding hydrogens is 850 g/mol. The first-order valence-corrected chi connectivity index (χ1v) is 20.5. The maximum absolute atomic E-state index is 13.4. The Bertz CT molecular complexity index is 2200. The molecule has 4 aromatic rings. The third-order valence-corrected chi connectivity index (χ3v) is 11.2. The second-order valence-corrected chi connectivity index (χ2v) is 16.0. The van der Waals surface area contributed by atoms with Crippen molar-refractivity contribution in [3.63, 3.8) is 0 Å². The molecule has 2 heterocycles. The number of fused-ring (bicyclic) bond motifs is 2. The summed E-state index contributed by atoms with van der Waals surface area (Å²) in [6.45, 7) is 3.79. The molecule has 6 rings (SSSR count). The zero-order chi connectivity index (χ0) is 43.8. The number of carbonyl (C=O) groups excluding carboxylic acids is 6. The summed E-state index contributed by atoms with van der Waals surface area (Å²) in [7, 11) is 3.29. The van der Waals surface area contributed by atoms with E-state index in [0.717, 1.165) is 12.2 Å². The van der Waals surface area contributed by atoms with Crippen LogP contribution in [0.4, 0.5) is 11.4 Å². The van der Waals surface area contributed by atoms with Crippen LogP contribution in [0, 0.1) is 0 Å². The number of benzene rings is 4. The Morgan fingerprint density at radius 3 is 1.25 bits per heavy atom. The molecule has 0 bridgehead atoms. The van der Waals surface area contributed by atoms with Gasteiger partial charge in [-0.2, -0.15) is 0 Å². The van der Waals surface area contributed by atoms with Crippen LogP contribution in [0.1, 0.15) is 71.4 Å². The van der Waals surface area contributed by atoms with E-state index in [4.69, 9.17) is 55.9 Å². The summed E-state index contributed by atoms with van der Waals surface area (Å²) in [5.74, 6) is -2.16. The van der Waals surface area contributed by atoms with Gasteiger partial charge in [-0.15, -0.1) is 0 Å². The van der Waals surface area contributed by atoms with Gasteiger partial charge in [0, 0.05) is 94.5 Å². The fraction of sp³-hybridized carbons (Fsp3) is 0.261. The van der Waals surface area contributed by atoms with E-state index < -0.39 is 22.8 Å². The Hall–Kier alpha value is -5.26. The molecule has 2 aliphatic rings. The summed E-state index contributed by atoms with van der Waals surface area (Å²) in [5.41, 5.74) is 0.979. The molecule has 0 saturated heterocycles. The third-order valence-electron chi connectivity index (χ3n) is 10.3. The topological polar surface area (TPSA) is 127 Å². The Kier molecular flexibility index (Phi) is 15.2. The van der Waals surface area contributed by atoms with Gasteiger partial charge in [0.2, 0.25) is 11.8 Å². The molecule has 0 aromatic heterocycles. The number of ether oxygens (including phenoxy) is 2. The monoisotopic (exact) mass is 890 g/mol. The smallest absolute Gasteiger partial charge is 0.331 e. The number of ketones is 2. The molecule has 0 unspecified atom stereocenters. The molecule has 0 aliphatic carbocycles. The standard InChI is InChI=1S/2C23H21Cl2NO4/c2*1-3-30-21(28)12-17(25)13-23(14-20(27)15-7-5-4-6-8-15)18-11-16(24)9-10-19(18)26(2)22(23)29/h2*4-12H,3,13-14H2,1-2H3/b2*17-12+/t2*23-/m10/s1. The molecule has 0 saturated carbocycles. The van der Waals surface area contributed by atoms with Crippen molar-refractivity contribution in [2.75, 3.05) is 37.1 Å². The zero-order valence-corrected chi connectivity index (χ0v) is 36.3. The number of carbonyl (C=O) groups is 6. The Morgan fingerprint density at radius 2 is 0.917 bits per heavy atom. The largest absolute Gasteiger partial charge is 0.463 e. The number of likely N-dealkylation sites (N-methyl/N-ethyl adjacent to an activating group) is 2. The molecule has 4 aromatic carbocycles. The lowest BCUT2D eigenvalue weighted by molar-refractivity contribution is -0.138. The number of anilines is 2. The molecule has 60 heavy (non-hydrogen) atoms. The molecule has 2 atom stereocenters. The van der Waals surface area contributed by atoms with Crippen molar-refractivity contribution in [3.05, 3.63) is 152 Å². The number of allylic oxidation sites excluding steroid dienone is 2. The maximum Gasteiger partial charge on any atom is 0.331 e. The number of amides is 2. The van der Waals surface area contributed by atoms with E-state index in [1.54, 1.807) is 113 Å². The lowest BCUT2D eigenvalue weighted by Crippen LogP contribution is -2.40. The fourth-order valence-electron chi connectivity index (χ4n) is 7.57. The molecule has 10 nitrogen and oxygen atoms in total. The quantitative estimate of drug-likeness (QED) is 0.0696. The average molecular weight is 893 g/mol. The highest BCUT2D eigenvalue weighted by Gasteiger charge is 2.52. The highest BCUT2D eigenvalue weighted by Crippen LogP contribution is 2.50. The molecule has 2 aliphatic heterocycles. The van der Waals surface area contributed by atoms with Crippen molar-refractivity contribution in [1.82, 2.24) is 0 Å². The van der Waals surface area contributed by atoms with Gasteiger partial charge in [0.05, 0.1) is 24.0 Å². The van der Waals surface area contributed by atoms with Crippen LogP contribution in [-0.4, -0.2) is 62.6 Å². The van der Waals surface area contributed by atoms with Gasteiger partial charge >= 0.3 is 11.9 Å². The lowest BCUT2D eigenvalue weighted by Gasteiger charge is -2.27. The van der Waals surface area contributed by atoms with Gasteiger partial charge < -0.3 is 19.3 Å². The zero-order valence-electron chi connectivity index (χ0n) is 33.3. The van der Waals surface area contributed by atoms with Crippen LogP contribution < -0.4 is 9.80 Å². The van der Waals surface area contributed by atoms with Gasteiger partial charge in [0.25, 0.3) is 0 Å². The Morgan fingerprint density at radius 1 is 0.567 bits per heavy atom. The van der Waals surface area contributed by atoms with Gasteiger partial charge in [-0.3, -0.25) is 19.2 Å². The van der Waals surface area contributed by atoms with Crippen LogP contribution in [0.5, 0.6) is 0 Å². The highest BCUT2D eigenvalue weighted by atomic mass is 35.5. The number of nitrogens with zero attached hydrogens (tertiary/aromatic N) is 2. The van der Waals surface area contributed by atoms with E-state index in [0.29, 0.717) is 43.7 Å². The van der Waals surface area contributed by atoms with Crippen LogP contribution in [0.3, 0.4) is 0 Å². The first-order chi connectivity index (χ1) is 28.6. The van der Waals surface area contributed by atoms with Crippen molar-refractivity contribution >= 4 is 93.1 Å². The van der Waals surface area contributed by atoms with Gasteiger partial charge in [-0.1, -0.05) is 107 Å². The van der Waals surface area contributed by atoms with Gasteiger partial charge in [-0.05, 0) is 61.4 Å². The van der Waals surface area contributed by atoms with Crippen molar-refractivity contribution in [3.8, 4) is 0 Å². The van der Waals surface area contributed by atoms with Crippen molar-refractivity contribution < 1.29 is 38.2 Å². The van der Waals surface area contributed by atoms with Crippen LogP contribution in [0.25, 0.3) is 0 Å². The van der Waals surface area contributed by atoms with Crippen LogP contribution in [-0.2, 0) is 39.5 Å². The molecule has 0 radical (unpaired) electrons. The van der Waals surface area contributed by atoms with E-state index in [2.05, 4.69) is 0 Å². The molecular formula is C46H42Cl4N2O8. The fourth-order valence-corrected chi connectivity index (χ4v) is 8.55. The summed E-state index contributed by atoms with van der Waals surface area (Å²) < 4.78 is 9.83. The van der Waals surface area contributed by atoms with Crippen molar-refractivity contribution in [2.24, 2.45) is 0 Å². The van der Waals surface area contributed by atoms with Gasteiger partial charge in [0.1, 0.15) is 0 Å². The summed E-state index contributed by atoms with van der Waals surface area (Å²) in [6.07, 6.45) is 2.02. The number of hydrogen-bond acceptors (Lipinski definition) is 8. The molecule has 0 fully saturated rings. The molecule has 0 spiro atoms. The summed E-state index contributed by atoms with van der Waals surface area (Å²) in [4.78, 5) is 79.8. The van der Waals surface area contributed by atoms with Crippen LogP contribution in [0.15, 0.2) is 119 Å². The van der Waals surface area contributed by atoms with Crippen molar-refractivity contribution in [2.45, 2.75) is 50.4 Å². The number of rotatable bonds is 14. The third kappa shape index (κ3) is 10.0. The number of esters is 2. The normalized spacial score (nSPS) is 18.3. The average Bonchev–Trinajstić information content (AvgIpc) is 3.53. The molecule has 0 N–H and O–H groups in total. The summed E-state index contributed by atoms with van der Waals surface area (Å²) >= 11 is 25.2. The van der Waals surface area contributed by atoms with Crippen LogP contribution in [0.2, 0.25) is 10.0 Å². The van der Waals surface area contributed by atoms with Crippen molar-refractivity contribution in [1.29, 1.82) is 0 Å². The van der Waals surface area contributed by atoms with E-state index in [9.17, 15) is 28.8 Å². The van der Waals surface area contributed by atoms with Gasteiger partial charge in [-0.25, -0.2) is 9.59 Å². The predicted octanol–water partition coefficient (Wildman–Crippen LogP) is 9.81. The second kappa shape index (κ2) is 19.9. The first-order valence-electron chi connectivity index (χ1n) is 18.9. The SMILES string of the molecule is CCOC(=O)/C=C(/Cl)C[C@@]1(CC(=O)c2ccccc2)C(=O)N(C)c2ccc(Cl)cc21.CCOC(=O)/C=C(/Cl)C[C@]1(CC(=O)c2ccccc2)C(=O)N(C)c2ccc(Cl)cc21. The maximum atomic E-state index is 13.4. The summed E-state index contributed by atoms with van der Waals surface area (Å²) in [5, 5.41) is 1.14. The molecule has 312 valence electrons. The molecule has 2 amide bonds. The number of hydrogen-bond donors (Lipinski definition) is 0. The highest BCUT2D eigenvalue weighted by molar-refractivity contribution is 6.33. The number of halogens is 4.